The number of carbonyl (C=O) groups is 1. The van der Waals surface area contributed by atoms with Gasteiger partial charge < -0.3 is 5.11 Å². The summed E-state index contributed by atoms with van der Waals surface area (Å²) in [5.74, 6) is -13.9. The van der Waals surface area contributed by atoms with Gasteiger partial charge in [0, 0.05) is 0 Å². The highest BCUT2D eigenvalue weighted by molar-refractivity contribution is 5.85. The van der Waals surface area contributed by atoms with Gasteiger partial charge in [-0.15, -0.1) is 0 Å². The molecule has 0 aliphatic carbocycles. The zero-order chi connectivity index (χ0) is 16.6. The summed E-state index contributed by atoms with van der Waals surface area (Å²) in [5.41, 5.74) is -3.69. The number of hydrogen-bond acceptors (Lipinski definition) is 5. The highest BCUT2D eigenvalue weighted by Crippen LogP contribution is 2.51. The number of halogens is 8. The minimum atomic E-state index is -6.85. The van der Waals surface area contributed by atoms with Gasteiger partial charge in [-0.05, 0) is 0 Å². The zero-order valence-electron chi connectivity index (χ0n) is 9.11. The van der Waals surface area contributed by atoms with Crippen LogP contribution in [0.1, 0.15) is 0 Å². The van der Waals surface area contributed by atoms with Gasteiger partial charge in [-0.2, -0.15) is 26.3 Å². The monoisotopic (exact) mass is 320 g/mol. The van der Waals surface area contributed by atoms with Crippen LogP contribution in [0.25, 0.3) is 0 Å². The number of alkyl halides is 8. The van der Waals surface area contributed by atoms with Crippen LogP contribution in [-0.2, 0) is 4.79 Å². The van der Waals surface area contributed by atoms with Gasteiger partial charge in [0.15, 0.2) is 0 Å². The summed E-state index contributed by atoms with van der Waals surface area (Å²) >= 11 is 0. The zero-order valence-corrected chi connectivity index (χ0v) is 9.11. The van der Waals surface area contributed by atoms with E-state index in [-0.39, 0.29) is 0 Å². The Morgan fingerprint density at radius 2 is 1.40 bits per heavy atom. The predicted octanol–water partition coefficient (Wildman–Crippen LogP) is -0.701. The molecule has 120 valence electrons. The van der Waals surface area contributed by atoms with E-state index in [0.717, 1.165) is 5.43 Å². The average Bonchev–Trinajstić information content (AvgIpc) is 2.35. The molecule has 1 atom stereocenters. The van der Waals surface area contributed by atoms with Crippen LogP contribution in [0.15, 0.2) is 0 Å². The molecule has 0 fully saturated rings. The van der Waals surface area contributed by atoms with E-state index < -0.39 is 35.8 Å². The Hall–Kier alpha value is -1.25. The molecule has 1 amide bonds. The van der Waals surface area contributed by atoms with Gasteiger partial charge in [0.05, 0.1) is 0 Å². The van der Waals surface area contributed by atoms with Crippen molar-refractivity contribution in [1.29, 1.82) is 0 Å². The molecule has 0 spiro atoms. The van der Waals surface area contributed by atoms with E-state index in [4.69, 9.17) is 5.11 Å². The Morgan fingerprint density at radius 3 is 1.65 bits per heavy atom. The summed E-state index contributed by atoms with van der Waals surface area (Å²) in [6, 6.07) is 0. The minimum Gasteiger partial charge on any atom is -0.362 e. The largest absolute Gasteiger partial charge is 0.382 e. The number of hydrogen-bond donors (Lipinski definition) is 5. The smallest absolute Gasteiger partial charge is 0.362 e. The normalized spacial score (nSPS) is 17.0. The number of rotatable bonds is 6. The van der Waals surface area contributed by atoms with Crippen LogP contribution < -0.4 is 22.5 Å². The summed E-state index contributed by atoms with van der Waals surface area (Å²) in [6.07, 6.45) is -5.22. The third kappa shape index (κ3) is 2.27. The van der Waals surface area contributed by atoms with Gasteiger partial charge >= 0.3 is 24.2 Å². The maximum absolute atomic E-state index is 13.3. The fraction of sp³-hybridized carbons (Fsp3) is 0.833. The molecule has 0 aromatic heterocycles. The Bertz CT molecular complexity index is 378. The number of carbonyl (C=O) groups excluding carboxylic acids is 1. The fourth-order valence-electron chi connectivity index (χ4n) is 0.977. The van der Waals surface area contributed by atoms with Crippen molar-refractivity contribution in [3.05, 3.63) is 0 Å². The van der Waals surface area contributed by atoms with E-state index in [9.17, 15) is 39.9 Å². The highest BCUT2D eigenvalue weighted by atomic mass is 19.4. The molecule has 0 aromatic rings. The first-order valence-electron chi connectivity index (χ1n) is 4.36. The lowest BCUT2D eigenvalue weighted by molar-refractivity contribution is -0.372. The number of hydrazine groups is 2. The Morgan fingerprint density at radius 1 is 1.00 bits per heavy atom. The van der Waals surface area contributed by atoms with Gasteiger partial charge in [0.2, 0.25) is 0 Å². The maximum atomic E-state index is 13.3. The van der Waals surface area contributed by atoms with E-state index in [1.807, 2.05) is 0 Å². The molecule has 20 heavy (non-hydrogen) atoms. The van der Waals surface area contributed by atoms with Crippen molar-refractivity contribution in [2.24, 2.45) is 11.7 Å². The molecule has 0 radical (unpaired) electrons. The lowest BCUT2D eigenvalue weighted by Crippen LogP contribution is -2.77. The van der Waals surface area contributed by atoms with Crippen LogP contribution >= 0.6 is 0 Å². The predicted molar refractivity (Wildman–Crippen MR) is 45.4 cm³/mol. The summed E-state index contributed by atoms with van der Waals surface area (Å²) in [6.45, 7) is 0. The van der Waals surface area contributed by atoms with E-state index >= 15 is 0 Å². The van der Waals surface area contributed by atoms with Crippen molar-refractivity contribution in [2.75, 3.05) is 0 Å². The summed E-state index contributed by atoms with van der Waals surface area (Å²) in [5, 5.41) is 8.96. The summed E-state index contributed by atoms with van der Waals surface area (Å²) in [4.78, 5) is 10.8. The van der Waals surface area contributed by atoms with E-state index in [1.165, 1.54) is 0 Å². The SMILES string of the molecule is NNC(=O)[C@@](O)(NN)C(F)(F)C(F)(F)C(F)(F)C(F)F. The van der Waals surface area contributed by atoms with Gasteiger partial charge in [0.1, 0.15) is 0 Å². The molecule has 0 unspecified atom stereocenters. The second-order valence-electron chi connectivity index (χ2n) is 3.40. The van der Waals surface area contributed by atoms with Crippen molar-refractivity contribution in [2.45, 2.75) is 29.9 Å². The molecule has 0 bridgehead atoms. The third-order valence-electron chi connectivity index (χ3n) is 2.21. The van der Waals surface area contributed by atoms with Crippen LogP contribution in [0, 0.1) is 0 Å². The van der Waals surface area contributed by atoms with Crippen LogP contribution in [0.3, 0.4) is 0 Å². The van der Waals surface area contributed by atoms with E-state index in [2.05, 4.69) is 11.7 Å². The van der Waals surface area contributed by atoms with Crippen molar-refractivity contribution < 1.29 is 45.0 Å². The van der Waals surface area contributed by atoms with Gasteiger partial charge in [-0.25, -0.2) is 20.0 Å². The van der Waals surface area contributed by atoms with Crippen LogP contribution in [0.4, 0.5) is 35.1 Å². The van der Waals surface area contributed by atoms with Crippen LogP contribution in [0.2, 0.25) is 0 Å². The lowest BCUT2D eigenvalue weighted by Gasteiger charge is -2.39. The topological polar surface area (TPSA) is 113 Å². The van der Waals surface area contributed by atoms with Crippen molar-refractivity contribution >= 4 is 5.91 Å². The Labute approximate surface area is 105 Å². The van der Waals surface area contributed by atoms with E-state index in [1.54, 1.807) is 0 Å². The molecule has 14 heteroatoms. The van der Waals surface area contributed by atoms with Gasteiger partial charge in [-0.3, -0.25) is 16.1 Å². The van der Waals surface area contributed by atoms with E-state index in [0.29, 0.717) is 5.43 Å². The van der Waals surface area contributed by atoms with Gasteiger partial charge in [0.25, 0.3) is 11.6 Å². The molecular formula is C6H8F8N4O2. The standard InChI is InChI=1S/C6H8F8N4O2/c7-1(8)3(9,10)5(11,12)6(13,14)4(20,18-16)2(19)17-15/h1,18,20H,15-16H2,(H,17,19)/t4-/m0/s1. The number of amides is 1. The van der Waals surface area contributed by atoms with Crippen LogP contribution in [-0.4, -0.2) is 40.9 Å². The molecule has 0 aliphatic heterocycles. The molecule has 0 rings (SSSR count). The Balaban J connectivity index is 6.00. The van der Waals surface area contributed by atoms with Crippen molar-refractivity contribution in [3.8, 4) is 0 Å². The quantitative estimate of drug-likeness (QED) is 0.146. The van der Waals surface area contributed by atoms with Gasteiger partial charge in [-0.1, -0.05) is 0 Å². The van der Waals surface area contributed by atoms with Crippen molar-refractivity contribution in [3.63, 3.8) is 0 Å². The molecule has 7 N–H and O–H groups in total. The first kappa shape index (κ1) is 18.8. The first-order valence-corrected chi connectivity index (χ1v) is 4.36. The van der Waals surface area contributed by atoms with Crippen molar-refractivity contribution in [1.82, 2.24) is 10.9 Å². The molecule has 0 saturated heterocycles. The molecule has 0 aliphatic rings. The molecule has 0 saturated carbocycles. The first-order chi connectivity index (χ1) is 8.74. The number of nitrogens with two attached hydrogens (primary N) is 2. The van der Waals surface area contributed by atoms with Crippen LogP contribution in [0.5, 0.6) is 0 Å². The Kier molecular flexibility index (Phi) is 4.94. The minimum absolute atomic E-state index is 0.442. The highest BCUT2D eigenvalue weighted by Gasteiger charge is 2.82. The third-order valence-corrected chi connectivity index (χ3v) is 2.21. The molecule has 6 nitrogen and oxygen atoms in total. The number of nitrogens with one attached hydrogen (secondary N) is 2. The average molecular weight is 320 g/mol. The second-order valence-corrected chi connectivity index (χ2v) is 3.40. The molecular weight excluding hydrogens is 312 g/mol. The fourth-order valence-corrected chi connectivity index (χ4v) is 0.977. The maximum Gasteiger partial charge on any atom is 0.382 e. The summed E-state index contributed by atoms with van der Waals surface area (Å²) in [7, 11) is 0. The summed E-state index contributed by atoms with van der Waals surface area (Å²) < 4.78 is 101. The number of aliphatic hydroxyl groups is 1. The lowest BCUT2D eigenvalue weighted by atomic mass is 9.94. The molecule has 0 heterocycles. The molecule has 0 aromatic carbocycles. The second kappa shape index (κ2) is 5.27.